The molecule has 0 atom stereocenters. The van der Waals surface area contributed by atoms with Gasteiger partial charge in [-0.1, -0.05) is 96.8 Å². The van der Waals surface area contributed by atoms with E-state index >= 15 is 0 Å². The topological polar surface area (TPSA) is 0 Å². The first-order chi connectivity index (χ1) is 11.8. The lowest BCUT2D eigenvalue weighted by atomic mass is 9.95. The maximum Gasteiger partial charge on any atom is -0.0279 e. The van der Waals surface area contributed by atoms with Crippen LogP contribution in [0.1, 0.15) is 115 Å². The van der Waals surface area contributed by atoms with E-state index in [1.165, 1.54) is 96.3 Å². The van der Waals surface area contributed by atoms with E-state index in [4.69, 9.17) is 0 Å². The van der Waals surface area contributed by atoms with Gasteiger partial charge in [0, 0.05) is 0 Å². The monoisotopic (exact) mass is 330 g/mol. The Morgan fingerprint density at radius 1 is 0.417 bits per heavy atom. The minimum atomic E-state index is 1.28. The molecule has 0 aliphatic heterocycles. The maximum atomic E-state index is 2.51. The van der Waals surface area contributed by atoms with Crippen LogP contribution in [-0.2, 0) is 19.3 Å². The first-order valence-electron chi connectivity index (χ1n) is 10.9. The van der Waals surface area contributed by atoms with Crippen LogP contribution in [0.15, 0.2) is 18.2 Å². The lowest BCUT2D eigenvalue weighted by molar-refractivity contribution is 0.655. The van der Waals surface area contributed by atoms with Gasteiger partial charge in [0.25, 0.3) is 0 Å². The largest absolute Gasteiger partial charge is 0.0654 e. The van der Waals surface area contributed by atoms with Gasteiger partial charge in [0.2, 0.25) is 0 Å². The van der Waals surface area contributed by atoms with Crippen molar-refractivity contribution in [2.24, 2.45) is 0 Å². The number of rotatable bonds is 15. The van der Waals surface area contributed by atoms with Crippen LogP contribution >= 0.6 is 0 Å². The van der Waals surface area contributed by atoms with Crippen LogP contribution in [0.25, 0.3) is 0 Å². The van der Waals surface area contributed by atoms with E-state index in [9.17, 15) is 0 Å². The van der Waals surface area contributed by atoms with Gasteiger partial charge in [-0.25, -0.2) is 0 Å². The molecule has 0 heteroatoms. The van der Waals surface area contributed by atoms with Crippen LogP contribution in [0.3, 0.4) is 0 Å². The number of aryl methyl sites for hydroxylation is 3. The summed E-state index contributed by atoms with van der Waals surface area (Å²) in [6, 6.07) is 7.52. The molecule has 0 heterocycles. The fourth-order valence-corrected chi connectivity index (χ4v) is 3.54. The average molecular weight is 331 g/mol. The standard InChI is InChI=1S/C24H42/c1-4-7-10-13-16-22-19-23(17-14-11-8-5-2)21-24(20-22)18-15-12-9-6-3/h19-21H,4-18H2,1-3H3. The highest BCUT2D eigenvalue weighted by atomic mass is 14.1. The zero-order chi connectivity index (χ0) is 17.5. The number of unbranched alkanes of at least 4 members (excludes halogenated alkanes) is 9. The van der Waals surface area contributed by atoms with Crippen LogP contribution in [0.4, 0.5) is 0 Å². The molecule has 0 nitrogen and oxygen atoms in total. The second kappa shape index (κ2) is 14.6. The molecule has 0 spiro atoms. The van der Waals surface area contributed by atoms with Gasteiger partial charge in [-0.3, -0.25) is 0 Å². The van der Waals surface area contributed by atoms with E-state index in [2.05, 4.69) is 39.0 Å². The second-order valence-corrected chi connectivity index (χ2v) is 7.59. The molecule has 1 rings (SSSR count). The summed E-state index contributed by atoms with van der Waals surface area (Å²) in [5.74, 6) is 0. The summed E-state index contributed by atoms with van der Waals surface area (Å²) in [6.45, 7) is 6.89. The van der Waals surface area contributed by atoms with Crippen molar-refractivity contribution in [2.45, 2.75) is 117 Å². The summed E-state index contributed by atoms with van der Waals surface area (Å²) < 4.78 is 0. The molecule has 0 unspecified atom stereocenters. The summed E-state index contributed by atoms with van der Waals surface area (Å²) in [5, 5.41) is 0. The molecule has 24 heavy (non-hydrogen) atoms. The molecular weight excluding hydrogens is 288 g/mol. The Kier molecular flexibility index (Phi) is 12.9. The van der Waals surface area contributed by atoms with Crippen molar-refractivity contribution < 1.29 is 0 Å². The maximum absolute atomic E-state index is 2.51. The summed E-state index contributed by atoms with van der Waals surface area (Å²) in [4.78, 5) is 0. The van der Waals surface area contributed by atoms with Crippen molar-refractivity contribution >= 4 is 0 Å². The molecule has 1 aromatic rings. The quantitative estimate of drug-likeness (QED) is 0.285. The molecule has 0 amide bonds. The summed E-state index contributed by atoms with van der Waals surface area (Å²) in [5.41, 5.74) is 4.80. The van der Waals surface area contributed by atoms with Gasteiger partial charge in [-0.15, -0.1) is 0 Å². The van der Waals surface area contributed by atoms with E-state index in [-0.39, 0.29) is 0 Å². The number of benzene rings is 1. The van der Waals surface area contributed by atoms with Crippen molar-refractivity contribution in [1.82, 2.24) is 0 Å². The fraction of sp³-hybridized carbons (Fsp3) is 0.750. The minimum absolute atomic E-state index is 1.28. The van der Waals surface area contributed by atoms with Gasteiger partial charge in [0.1, 0.15) is 0 Å². The predicted molar refractivity (Wildman–Crippen MR) is 110 cm³/mol. The van der Waals surface area contributed by atoms with Gasteiger partial charge in [-0.05, 0) is 55.2 Å². The molecule has 0 aliphatic carbocycles. The minimum Gasteiger partial charge on any atom is -0.0654 e. The molecule has 0 N–H and O–H groups in total. The SMILES string of the molecule is CCCCCCc1cc(CCCCCC)cc(CCCCCC)c1. The zero-order valence-corrected chi connectivity index (χ0v) is 16.8. The average Bonchev–Trinajstić information content (AvgIpc) is 2.59. The fourth-order valence-electron chi connectivity index (χ4n) is 3.54. The zero-order valence-electron chi connectivity index (χ0n) is 16.8. The third-order valence-electron chi connectivity index (χ3n) is 5.07. The van der Waals surface area contributed by atoms with Gasteiger partial charge in [0.15, 0.2) is 0 Å². The first kappa shape index (κ1) is 21.3. The Labute approximate surface area is 152 Å². The van der Waals surface area contributed by atoms with Gasteiger partial charge >= 0.3 is 0 Å². The molecule has 0 saturated heterocycles. The van der Waals surface area contributed by atoms with E-state index in [1.807, 2.05) is 0 Å². The predicted octanol–water partition coefficient (Wildman–Crippen LogP) is 8.06. The molecule has 0 saturated carbocycles. The van der Waals surface area contributed by atoms with Crippen LogP contribution < -0.4 is 0 Å². The number of hydrogen-bond acceptors (Lipinski definition) is 0. The van der Waals surface area contributed by atoms with E-state index in [1.54, 1.807) is 16.7 Å². The molecule has 0 fully saturated rings. The van der Waals surface area contributed by atoms with Crippen LogP contribution in [-0.4, -0.2) is 0 Å². The van der Waals surface area contributed by atoms with Crippen molar-refractivity contribution in [3.8, 4) is 0 Å². The Morgan fingerprint density at radius 3 is 0.958 bits per heavy atom. The third-order valence-corrected chi connectivity index (χ3v) is 5.07. The highest BCUT2D eigenvalue weighted by Gasteiger charge is 2.03. The van der Waals surface area contributed by atoms with E-state index in [0.29, 0.717) is 0 Å². The second-order valence-electron chi connectivity index (χ2n) is 7.59. The van der Waals surface area contributed by atoms with Gasteiger partial charge in [-0.2, -0.15) is 0 Å². The molecule has 1 aromatic carbocycles. The summed E-state index contributed by atoms with van der Waals surface area (Å²) in [7, 11) is 0. The first-order valence-corrected chi connectivity index (χ1v) is 10.9. The van der Waals surface area contributed by atoms with Gasteiger partial charge in [0.05, 0.1) is 0 Å². The van der Waals surface area contributed by atoms with E-state index < -0.39 is 0 Å². The Morgan fingerprint density at radius 2 is 0.708 bits per heavy atom. The highest BCUT2D eigenvalue weighted by molar-refractivity contribution is 5.30. The molecule has 0 radical (unpaired) electrons. The van der Waals surface area contributed by atoms with Crippen molar-refractivity contribution in [3.63, 3.8) is 0 Å². The Hall–Kier alpha value is -0.780. The Balaban J connectivity index is 2.58. The summed E-state index contributed by atoms with van der Waals surface area (Å²) >= 11 is 0. The van der Waals surface area contributed by atoms with Crippen molar-refractivity contribution in [1.29, 1.82) is 0 Å². The molecule has 0 bridgehead atoms. The normalized spacial score (nSPS) is 11.1. The third kappa shape index (κ3) is 10.2. The van der Waals surface area contributed by atoms with E-state index in [0.717, 1.165) is 0 Å². The highest BCUT2D eigenvalue weighted by Crippen LogP contribution is 2.18. The van der Waals surface area contributed by atoms with Crippen molar-refractivity contribution in [2.75, 3.05) is 0 Å². The Bertz CT molecular complexity index is 330. The van der Waals surface area contributed by atoms with Crippen molar-refractivity contribution in [3.05, 3.63) is 34.9 Å². The lowest BCUT2D eigenvalue weighted by Gasteiger charge is -2.11. The summed E-state index contributed by atoms with van der Waals surface area (Å²) in [6.07, 6.45) is 20.3. The lowest BCUT2D eigenvalue weighted by Crippen LogP contribution is -1.96. The number of hydrogen-bond donors (Lipinski definition) is 0. The van der Waals surface area contributed by atoms with Crippen LogP contribution in [0.5, 0.6) is 0 Å². The molecule has 0 aromatic heterocycles. The smallest absolute Gasteiger partial charge is 0.0279 e. The molecule has 0 aliphatic rings. The molecular formula is C24H42. The van der Waals surface area contributed by atoms with Crippen LogP contribution in [0, 0.1) is 0 Å². The van der Waals surface area contributed by atoms with Crippen LogP contribution in [0.2, 0.25) is 0 Å². The van der Waals surface area contributed by atoms with Gasteiger partial charge < -0.3 is 0 Å². The molecule has 138 valence electrons.